The Morgan fingerprint density at radius 1 is 0.919 bits per heavy atom. The predicted octanol–water partition coefficient (Wildman–Crippen LogP) is 4.19. The van der Waals surface area contributed by atoms with E-state index in [1.54, 1.807) is 0 Å². The number of nitro groups is 1. The molecule has 0 spiro atoms. The van der Waals surface area contributed by atoms with Gasteiger partial charge in [-0.25, -0.2) is 5.01 Å². The van der Waals surface area contributed by atoms with Gasteiger partial charge < -0.3 is 0 Å². The summed E-state index contributed by atoms with van der Waals surface area (Å²) < 4.78 is 0. The molecule has 0 radical (unpaired) electrons. The number of hydrazine groups is 1. The highest BCUT2D eigenvalue weighted by Crippen LogP contribution is 2.65. The zero-order valence-corrected chi connectivity index (χ0v) is 20.6. The Bertz CT molecular complexity index is 1390. The van der Waals surface area contributed by atoms with Gasteiger partial charge in [-0.15, -0.1) is 0 Å². The van der Waals surface area contributed by atoms with Gasteiger partial charge in [-0.2, -0.15) is 5.01 Å². The molecule has 4 aliphatic carbocycles. The van der Waals surface area contributed by atoms with Crippen molar-refractivity contribution in [3.05, 3.63) is 85.9 Å². The standard InChI is InChI=1S/C26H19Cl2N3O6/c27-19-8-3-13(9-20(19)28)24(33)29(11-21(32)12-1-4-14(5-2-12)31(36)37)30-25(34)22-15-6-7-16(18-10-17(15)18)23(22)26(30)35/h1-9,15-18,22-23H,10-11H2/t15-,16-,17-,18+,22-,23+/m0/s1. The molecule has 0 unspecified atom stereocenters. The fourth-order valence-electron chi connectivity index (χ4n) is 6.19. The van der Waals surface area contributed by atoms with E-state index in [4.69, 9.17) is 23.2 Å². The van der Waals surface area contributed by atoms with Gasteiger partial charge in [-0.1, -0.05) is 35.4 Å². The first-order valence-electron chi connectivity index (χ1n) is 11.8. The van der Waals surface area contributed by atoms with Gasteiger partial charge in [0.25, 0.3) is 23.4 Å². The molecule has 2 bridgehead atoms. The van der Waals surface area contributed by atoms with Gasteiger partial charge in [0.2, 0.25) is 0 Å². The molecule has 9 nitrogen and oxygen atoms in total. The number of allylic oxidation sites excluding steroid dienone is 2. The van der Waals surface area contributed by atoms with Crippen LogP contribution >= 0.6 is 23.2 Å². The average Bonchev–Trinajstić information content (AvgIpc) is 3.67. The second-order valence-corrected chi connectivity index (χ2v) is 10.7. The van der Waals surface area contributed by atoms with E-state index < -0.39 is 46.8 Å². The van der Waals surface area contributed by atoms with Crippen LogP contribution in [0.4, 0.5) is 5.69 Å². The summed E-state index contributed by atoms with van der Waals surface area (Å²) in [5, 5.41) is 13.0. The zero-order chi connectivity index (χ0) is 26.2. The number of halogens is 2. The maximum absolute atomic E-state index is 13.7. The van der Waals surface area contributed by atoms with Gasteiger partial charge in [0, 0.05) is 23.3 Å². The van der Waals surface area contributed by atoms with E-state index in [1.807, 2.05) is 12.2 Å². The van der Waals surface area contributed by atoms with Crippen LogP contribution in [0, 0.1) is 45.6 Å². The van der Waals surface area contributed by atoms with Gasteiger partial charge in [-0.3, -0.25) is 29.3 Å². The average molecular weight is 540 g/mol. The second-order valence-electron chi connectivity index (χ2n) is 9.86. The Morgan fingerprint density at radius 2 is 1.49 bits per heavy atom. The minimum absolute atomic E-state index is 0.0466. The fourth-order valence-corrected chi connectivity index (χ4v) is 6.49. The van der Waals surface area contributed by atoms with Crippen molar-refractivity contribution in [2.24, 2.45) is 35.5 Å². The normalized spacial score (nSPS) is 28.6. The van der Waals surface area contributed by atoms with Crippen LogP contribution in [0.25, 0.3) is 0 Å². The molecule has 3 fully saturated rings. The molecule has 5 aliphatic rings. The third-order valence-corrected chi connectivity index (χ3v) is 8.71. The molecule has 11 heteroatoms. The number of hydrogen-bond donors (Lipinski definition) is 0. The molecule has 0 N–H and O–H groups in total. The molecule has 7 rings (SSSR count). The highest BCUT2D eigenvalue weighted by molar-refractivity contribution is 6.42. The van der Waals surface area contributed by atoms with Gasteiger partial charge >= 0.3 is 0 Å². The van der Waals surface area contributed by atoms with Crippen molar-refractivity contribution in [2.75, 3.05) is 6.54 Å². The summed E-state index contributed by atoms with van der Waals surface area (Å²) in [6.07, 6.45) is 5.02. The van der Waals surface area contributed by atoms with Gasteiger partial charge in [0.1, 0.15) is 6.54 Å². The number of rotatable bonds is 6. The van der Waals surface area contributed by atoms with Gasteiger partial charge in [0.05, 0.1) is 26.8 Å². The lowest BCUT2D eigenvalue weighted by Gasteiger charge is -2.37. The lowest BCUT2D eigenvalue weighted by atomic mass is 9.63. The molecule has 1 aliphatic heterocycles. The van der Waals surface area contributed by atoms with Crippen LogP contribution in [0.5, 0.6) is 0 Å². The van der Waals surface area contributed by atoms with E-state index >= 15 is 0 Å². The largest absolute Gasteiger partial charge is 0.292 e. The van der Waals surface area contributed by atoms with Crippen molar-refractivity contribution >= 4 is 52.4 Å². The van der Waals surface area contributed by atoms with Gasteiger partial charge in [0.15, 0.2) is 5.78 Å². The Labute approximate surface area is 220 Å². The Kier molecular flexibility index (Phi) is 5.47. The summed E-state index contributed by atoms with van der Waals surface area (Å²) in [5.74, 6) is -2.86. The lowest BCUT2D eigenvalue weighted by Crippen LogP contribution is -2.52. The van der Waals surface area contributed by atoms with E-state index in [9.17, 15) is 29.3 Å². The summed E-state index contributed by atoms with van der Waals surface area (Å²) in [7, 11) is 0. The number of benzene rings is 2. The third kappa shape index (κ3) is 3.67. The first kappa shape index (κ1) is 23.8. The van der Waals surface area contributed by atoms with Crippen LogP contribution in [-0.4, -0.2) is 45.0 Å². The molecule has 0 aromatic heterocycles. The summed E-state index contributed by atoms with van der Waals surface area (Å²) in [5.41, 5.74) is -0.0573. The van der Waals surface area contributed by atoms with Crippen molar-refractivity contribution in [1.82, 2.24) is 10.0 Å². The Hall–Kier alpha value is -3.56. The van der Waals surface area contributed by atoms with Crippen LogP contribution in [0.15, 0.2) is 54.6 Å². The van der Waals surface area contributed by atoms with Crippen LogP contribution < -0.4 is 0 Å². The zero-order valence-electron chi connectivity index (χ0n) is 19.1. The van der Waals surface area contributed by atoms with Crippen molar-refractivity contribution < 1.29 is 24.1 Å². The van der Waals surface area contributed by atoms with Crippen molar-refractivity contribution in [1.29, 1.82) is 0 Å². The van der Waals surface area contributed by atoms with Gasteiger partial charge in [-0.05, 0) is 60.4 Å². The van der Waals surface area contributed by atoms with E-state index in [2.05, 4.69) is 0 Å². The molecule has 2 saturated carbocycles. The number of nitro benzene ring substituents is 1. The Morgan fingerprint density at radius 3 is 2.03 bits per heavy atom. The van der Waals surface area contributed by atoms with E-state index in [0.717, 1.165) is 16.4 Å². The molecule has 6 atom stereocenters. The van der Waals surface area contributed by atoms with Crippen molar-refractivity contribution in [3.8, 4) is 0 Å². The number of hydrogen-bond acceptors (Lipinski definition) is 6. The smallest absolute Gasteiger partial charge is 0.273 e. The highest BCUT2D eigenvalue weighted by Gasteiger charge is 2.68. The quantitative estimate of drug-likeness (QED) is 0.178. The molecule has 2 aromatic rings. The first-order valence-corrected chi connectivity index (χ1v) is 12.5. The third-order valence-electron chi connectivity index (χ3n) is 7.98. The highest BCUT2D eigenvalue weighted by atomic mass is 35.5. The summed E-state index contributed by atoms with van der Waals surface area (Å²) >= 11 is 12.1. The topological polar surface area (TPSA) is 118 Å². The monoisotopic (exact) mass is 539 g/mol. The van der Waals surface area contributed by atoms with Crippen LogP contribution in [-0.2, 0) is 9.59 Å². The molecule has 1 saturated heterocycles. The minimum Gasteiger partial charge on any atom is -0.292 e. The lowest BCUT2D eigenvalue weighted by molar-refractivity contribution is -0.384. The van der Waals surface area contributed by atoms with Crippen molar-refractivity contribution in [2.45, 2.75) is 6.42 Å². The number of amides is 3. The number of carbonyl (C=O) groups excluding carboxylic acids is 4. The predicted molar refractivity (Wildman–Crippen MR) is 131 cm³/mol. The molecule has 2 aromatic carbocycles. The molecule has 37 heavy (non-hydrogen) atoms. The first-order chi connectivity index (χ1) is 17.7. The fraction of sp³-hybridized carbons (Fsp3) is 0.308. The maximum Gasteiger partial charge on any atom is 0.273 e. The van der Waals surface area contributed by atoms with E-state index in [0.29, 0.717) is 11.8 Å². The SMILES string of the molecule is O=C(CN(C(=O)c1ccc(Cl)c(Cl)c1)N1C(=O)[C@@H]2[C@H]3C=C[C@@H]([C@@H]4C[C@H]34)[C@@H]2C1=O)c1ccc([N+](=O)[O-])cc1. The minimum atomic E-state index is -0.764. The van der Waals surface area contributed by atoms with E-state index in [-0.39, 0.29) is 38.7 Å². The molecule has 3 amide bonds. The number of Topliss-reactive ketones (excluding diaryl/α,β-unsaturated/α-hetero) is 1. The second kappa shape index (κ2) is 8.49. The van der Waals surface area contributed by atoms with Crippen LogP contribution in [0.1, 0.15) is 27.1 Å². The number of non-ortho nitro benzene ring substituents is 1. The molecular formula is C26H19Cl2N3O6. The number of carbonyl (C=O) groups is 4. The number of ketones is 1. The Balaban J connectivity index is 1.35. The van der Waals surface area contributed by atoms with Crippen LogP contribution in [0.3, 0.4) is 0 Å². The molecular weight excluding hydrogens is 521 g/mol. The number of nitrogens with zero attached hydrogens (tertiary/aromatic N) is 3. The molecule has 1 heterocycles. The number of imide groups is 1. The summed E-state index contributed by atoms with van der Waals surface area (Å²) in [6.45, 7) is -0.622. The summed E-state index contributed by atoms with van der Waals surface area (Å²) in [4.78, 5) is 64.6. The molecule has 188 valence electrons. The van der Waals surface area contributed by atoms with E-state index in [1.165, 1.54) is 42.5 Å². The van der Waals surface area contributed by atoms with Crippen molar-refractivity contribution in [3.63, 3.8) is 0 Å². The maximum atomic E-state index is 13.7. The van der Waals surface area contributed by atoms with Crippen LogP contribution in [0.2, 0.25) is 10.0 Å². The summed E-state index contributed by atoms with van der Waals surface area (Å²) in [6, 6.07) is 9.02.